The predicted octanol–water partition coefficient (Wildman–Crippen LogP) is 5.98. The van der Waals surface area contributed by atoms with Crippen LogP contribution in [-0.4, -0.2) is 39.8 Å². The number of benzene rings is 3. The van der Waals surface area contributed by atoms with E-state index in [1.165, 1.54) is 4.90 Å². The van der Waals surface area contributed by atoms with Gasteiger partial charge in [0, 0.05) is 34.1 Å². The molecule has 39 heavy (non-hydrogen) atoms. The van der Waals surface area contributed by atoms with Crippen molar-refractivity contribution in [3.63, 3.8) is 0 Å². The summed E-state index contributed by atoms with van der Waals surface area (Å²) in [5.41, 5.74) is 4.32. The van der Waals surface area contributed by atoms with Crippen LogP contribution in [0.25, 0.3) is 10.9 Å². The molecule has 2 aliphatic heterocycles. The molecular formula is C31H27ClN4O3. The summed E-state index contributed by atoms with van der Waals surface area (Å²) in [6.45, 7) is 0. The molecule has 1 aromatic heterocycles. The number of hydrogen-bond donors (Lipinski definition) is 2. The van der Waals surface area contributed by atoms with Gasteiger partial charge in [-0.25, -0.2) is 9.69 Å². The van der Waals surface area contributed by atoms with Crippen molar-refractivity contribution in [1.82, 2.24) is 15.2 Å². The fourth-order valence-electron chi connectivity index (χ4n) is 6.51. The number of rotatable bonds is 4. The molecular weight excluding hydrogens is 512 g/mol. The number of nitrogens with zero attached hydrogens (tertiary/aromatic N) is 2. The Labute approximate surface area is 230 Å². The second-order valence-corrected chi connectivity index (χ2v) is 11.0. The van der Waals surface area contributed by atoms with Gasteiger partial charge in [0.1, 0.15) is 12.1 Å². The minimum absolute atomic E-state index is 0.118. The number of H-pyrrole nitrogens is 1. The molecule has 0 bridgehead atoms. The van der Waals surface area contributed by atoms with Crippen LogP contribution in [0.15, 0.2) is 72.8 Å². The highest BCUT2D eigenvalue weighted by Gasteiger charge is 2.53. The molecule has 2 N–H and O–H groups in total. The molecule has 3 aromatic carbocycles. The van der Waals surface area contributed by atoms with Crippen molar-refractivity contribution >= 4 is 46.0 Å². The van der Waals surface area contributed by atoms with Gasteiger partial charge in [-0.3, -0.25) is 14.5 Å². The van der Waals surface area contributed by atoms with Gasteiger partial charge in [-0.1, -0.05) is 66.9 Å². The number of hydrogen-bond acceptors (Lipinski definition) is 3. The van der Waals surface area contributed by atoms with E-state index in [0.29, 0.717) is 22.7 Å². The minimum Gasteiger partial charge on any atom is -0.356 e. The van der Waals surface area contributed by atoms with E-state index in [1.54, 1.807) is 35.2 Å². The van der Waals surface area contributed by atoms with Gasteiger partial charge in [-0.15, -0.1) is 0 Å². The topological polar surface area (TPSA) is 85.5 Å². The Balaban J connectivity index is 1.33. The standard InChI is InChI=1S/C31H27ClN4O3/c32-19-9-7-8-18(16-19)28-27-23(21-12-3-5-14-24(21)34-27)17-26-30(38)36(31(39)35(26)28)25-15-6-4-13-22(25)29(37)33-20-10-1-2-11-20/h3-9,12-16,20,26,28,34H,1-2,10-11,17H2,(H,33,37). The molecule has 196 valence electrons. The second kappa shape index (κ2) is 9.27. The van der Waals surface area contributed by atoms with Gasteiger partial charge >= 0.3 is 6.03 Å². The number of aromatic amines is 1. The van der Waals surface area contributed by atoms with Crippen LogP contribution in [0.2, 0.25) is 5.02 Å². The van der Waals surface area contributed by atoms with Crippen LogP contribution in [-0.2, 0) is 11.2 Å². The van der Waals surface area contributed by atoms with Crippen LogP contribution in [0, 0.1) is 0 Å². The molecule has 0 spiro atoms. The van der Waals surface area contributed by atoms with Crippen molar-refractivity contribution < 1.29 is 14.4 Å². The van der Waals surface area contributed by atoms with Gasteiger partial charge in [0.25, 0.3) is 11.8 Å². The average Bonchev–Trinajstić information content (AvgIpc) is 3.65. The van der Waals surface area contributed by atoms with Gasteiger partial charge in [0.15, 0.2) is 0 Å². The predicted molar refractivity (Wildman–Crippen MR) is 150 cm³/mol. The van der Waals surface area contributed by atoms with E-state index in [4.69, 9.17) is 11.6 Å². The van der Waals surface area contributed by atoms with Gasteiger partial charge < -0.3 is 10.3 Å². The lowest BCUT2D eigenvalue weighted by Gasteiger charge is -2.36. The Morgan fingerprint density at radius 3 is 2.54 bits per heavy atom. The fraction of sp³-hybridized carbons (Fsp3) is 0.258. The number of carbonyl (C=O) groups excluding carboxylic acids is 3. The molecule has 1 saturated heterocycles. The summed E-state index contributed by atoms with van der Waals surface area (Å²) in [6, 6.07) is 20.7. The first-order valence-electron chi connectivity index (χ1n) is 13.4. The van der Waals surface area contributed by atoms with E-state index >= 15 is 0 Å². The lowest BCUT2D eigenvalue weighted by atomic mass is 9.89. The number of halogens is 1. The van der Waals surface area contributed by atoms with Crippen molar-refractivity contribution in [3.05, 3.63) is 100 Å². The van der Waals surface area contributed by atoms with Crippen molar-refractivity contribution in [2.75, 3.05) is 4.90 Å². The summed E-state index contributed by atoms with van der Waals surface area (Å²) in [7, 11) is 0. The zero-order valence-corrected chi connectivity index (χ0v) is 21.9. The SMILES string of the molecule is O=C(NC1CCCC1)c1ccccc1N1C(=O)C2Cc3c([nH]c4ccccc34)C(c3cccc(Cl)c3)N2C1=O. The van der Waals surface area contributed by atoms with Gasteiger partial charge in [-0.05, 0) is 54.3 Å². The summed E-state index contributed by atoms with van der Waals surface area (Å²) in [6.07, 6.45) is 4.45. The summed E-state index contributed by atoms with van der Waals surface area (Å²) >= 11 is 6.39. The lowest BCUT2D eigenvalue weighted by molar-refractivity contribution is -0.120. The molecule has 2 atom stereocenters. The molecule has 7 rings (SSSR count). The van der Waals surface area contributed by atoms with E-state index < -0.39 is 18.1 Å². The number of imide groups is 1. The maximum atomic E-state index is 14.2. The highest BCUT2D eigenvalue weighted by Crippen LogP contribution is 2.45. The van der Waals surface area contributed by atoms with Gasteiger partial charge in [-0.2, -0.15) is 0 Å². The number of carbonyl (C=O) groups is 3. The second-order valence-electron chi connectivity index (χ2n) is 10.6. The summed E-state index contributed by atoms with van der Waals surface area (Å²) in [5.74, 6) is -0.588. The zero-order valence-electron chi connectivity index (χ0n) is 21.2. The van der Waals surface area contributed by atoms with Crippen LogP contribution in [0.1, 0.15) is 58.9 Å². The third kappa shape index (κ3) is 3.83. The number of amides is 4. The number of para-hydroxylation sites is 2. The molecule has 0 radical (unpaired) electrons. The normalized spacial score (nSPS) is 20.9. The van der Waals surface area contributed by atoms with E-state index in [0.717, 1.165) is 53.4 Å². The van der Waals surface area contributed by atoms with E-state index in [-0.39, 0.29) is 17.9 Å². The van der Waals surface area contributed by atoms with Crippen molar-refractivity contribution in [3.8, 4) is 0 Å². The summed E-state index contributed by atoms with van der Waals surface area (Å²) < 4.78 is 0. The monoisotopic (exact) mass is 538 g/mol. The minimum atomic E-state index is -0.709. The highest BCUT2D eigenvalue weighted by atomic mass is 35.5. The first-order chi connectivity index (χ1) is 19.0. The van der Waals surface area contributed by atoms with Crippen LogP contribution in [0.3, 0.4) is 0 Å². The molecule has 8 heteroatoms. The maximum absolute atomic E-state index is 14.2. The van der Waals surface area contributed by atoms with Crippen molar-refractivity contribution in [2.24, 2.45) is 0 Å². The Kier molecular flexibility index (Phi) is 5.70. The van der Waals surface area contributed by atoms with E-state index in [9.17, 15) is 14.4 Å². The van der Waals surface area contributed by atoms with Crippen LogP contribution < -0.4 is 10.2 Å². The Morgan fingerprint density at radius 1 is 0.949 bits per heavy atom. The Hall–Kier alpha value is -4.10. The number of fused-ring (bicyclic) bond motifs is 4. The summed E-state index contributed by atoms with van der Waals surface area (Å²) in [5, 5.41) is 4.69. The van der Waals surface area contributed by atoms with Crippen LogP contribution in [0.4, 0.5) is 10.5 Å². The Bertz CT molecular complexity index is 1640. The average molecular weight is 539 g/mol. The fourth-order valence-corrected chi connectivity index (χ4v) is 6.71. The van der Waals surface area contributed by atoms with Gasteiger partial charge in [0.05, 0.1) is 11.3 Å². The first-order valence-corrected chi connectivity index (χ1v) is 13.8. The number of urea groups is 1. The smallest absolute Gasteiger partial charge is 0.332 e. The lowest BCUT2D eigenvalue weighted by Crippen LogP contribution is -2.44. The van der Waals surface area contributed by atoms with Crippen LogP contribution in [0.5, 0.6) is 0 Å². The van der Waals surface area contributed by atoms with E-state index in [1.807, 2.05) is 42.5 Å². The first kappa shape index (κ1) is 24.0. The summed E-state index contributed by atoms with van der Waals surface area (Å²) in [4.78, 5) is 48.0. The quantitative estimate of drug-likeness (QED) is 0.314. The third-order valence-corrected chi connectivity index (χ3v) is 8.53. The van der Waals surface area contributed by atoms with Gasteiger partial charge in [0.2, 0.25) is 0 Å². The molecule has 2 unspecified atom stereocenters. The molecule has 3 aliphatic rings. The zero-order chi connectivity index (χ0) is 26.7. The number of nitrogens with one attached hydrogen (secondary N) is 2. The Morgan fingerprint density at radius 2 is 1.72 bits per heavy atom. The molecule has 4 aromatic rings. The molecule has 1 aliphatic carbocycles. The molecule has 4 amide bonds. The third-order valence-electron chi connectivity index (χ3n) is 8.29. The van der Waals surface area contributed by atoms with Crippen molar-refractivity contribution in [2.45, 2.75) is 50.2 Å². The van der Waals surface area contributed by atoms with Crippen molar-refractivity contribution in [1.29, 1.82) is 0 Å². The molecule has 1 saturated carbocycles. The molecule has 7 nitrogen and oxygen atoms in total. The van der Waals surface area contributed by atoms with E-state index in [2.05, 4.69) is 10.3 Å². The maximum Gasteiger partial charge on any atom is 0.332 e. The number of aromatic nitrogens is 1. The highest BCUT2D eigenvalue weighted by molar-refractivity contribution is 6.30. The van der Waals surface area contributed by atoms with Crippen LogP contribution >= 0.6 is 11.6 Å². The largest absolute Gasteiger partial charge is 0.356 e. The molecule has 2 fully saturated rings. The molecule has 3 heterocycles. The number of anilines is 1.